The third-order valence-electron chi connectivity index (χ3n) is 2.84. The van der Waals surface area contributed by atoms with Gasteiger partial charge in [0, 0.05) is 13.5 Å². The molecule has 4 nitrogen and oxygen atoms in total. The first kappa shape index (κ1) is 17.0. The van der Waals surface area contributed by atoms with Gasteiger partial charge in [0.1, 0.15) is 5.76 Å². The third-order valence-corrected chi connectivity index (χ3v) is 2.84. The van der Waals surface area contributed by atoms with Gasteiger partial charge in [-0.3, -0.25) is 0 Å². The molecule has 1 atom stereocenters. The second-order valence-corrected chi connectivity index (χ2v) is 4.31. The fourth-order valence-electron chi connectivity index (χ4n) is 1.73. The maximum absolute atomic E-state index is 11.4. The van der Waals surface area contributed by atoms with Gasteiger partial charge in [0.2, 0.25) is 0 Å². The normalized spacial score (nSPS) is 13.2. The SMILES string of the molecule is CCOC(=O)/C=C(/CC(/C=C/c1ccccc1)OC)OC. The van der Waals surface area contributed by atoms with Crippen LogP contribution in [0.2, 0.25) is 0 Å². The Morgan fingerprint density at radius 1 is 1.24 bits per heavy atom. The van der Waals surface area contributed by atoms with Gasteiger partial charge in [-0.05, 0) is 12.5 Å². The van der Waals surface area contributed by atoms with Crippen LogP contribution in [0.15, 0.2) is 48.2 Å². The summed E-state index contributed by atoms with van der Waals surface area (Å²) < 4.78 is 15.4. The zero-order valence-electron chi connectivity index (χ0n) is 12.7. The summed E-state index contributed by atoms with van der Waals surface area (Å²) >= 11 is 0. The van der Waals surface area contributed by atoms with Gasteiger partial charge in [-0.15, -0.1) is 0 Å². The minimum Gasteiger partial charge on any atom is -0.501 e. The zero-order chi connectivity index (χ0) is 15.5. The van der Waals surface area contributed by atoms with Crippen molar-refractivity contribution in [3.05, 3.63) is 53.8 Å². The molecule has 0 aromatic heterocycles. The molecule has 0 aliphatic rings. The van der Waals surface area contributed by atoms with E-state index in [0.29, 0.717) is 18.8 Å². The fraction of sp³-hybridized carbons (Fsp3) is 0.353. The Balaban J connectivity index is 2.67. The standard InChI is InChI=1S/C17H22O4/c1-4-21-17(18)13-16(20-3)12-15(19-2)11-10-14-8-6-5-7-9-14/h5-11,13,15H,4,12H2,1-3H3/b11-10+,16-13-. The molecule has 0 aliphatic carbocycles. The lowest BCUT2D eigenvalue weighted by atomic mass is 10.1. The van der Waals surface area contributed by atoms with Crippen LogP contribution < -0.4 is 0 Å². The van der Waals surface area contributed by atoms with Crippen molar-refractivity contribution in [2.45, 2.75) is 19.4 Å². The predicted octanol–water partition coefficient (Wildman–Crippen LogP) is 3.20. The molecule has 0 heterocycles. The van der Waals surface area contributed by atoms with Crippen molar-refractivity contribution in [3.8, 4) is 0 Å². The summed E-state index contributed by atoms with van der Waals surface area (Å²) in [6.45, 7) is 2.10. The number of hydrogen-bond donors (Lipinski definition) is 0. The molecule has 1 unspecified atom stereocenters. The van der Waals surface area contributed by atoms with Crippen molar-refractivity contribution >= 4 is 12.0 Å². The predicted molar refractivity (Wildman–Crippen MR) is 82.6 cm³/mol. The summed E-state index contributed by atoms with van der Waals surface area (Å²) in [6.07, 6.45) is 5.56. The van der Waals surface area contributed by atoms with Crippen molar-refractivity contribution in [2.24, 2.45) is 0 Å². The highest BCUT2D eigenvalue weighted by molar-refractivity contribution is 5.82. The second-order valence-electron chi connectivity index (χ2n) is 4.31. The molecule has 0 saturated heterocycles. The molecule has 0 radical (unpaired) electrons. The molecule has 0 amide bonds. The van der Waals surface area contributed by atoms with Crippen LogP contribution in [-0.2, 0) is 19.0 Å². The van der Waals surface area contributed by atoms with Crippen molar-refractivity contribution in [3.63, 3.8) is 0 Å². The van der Waals surface area contributed by atoms with Crippen LogP contribution in [0.25, 0.3) is 6.08 Å². The number of carbonyl (C=O) groups excluding carboxylic acids is 1. The van der Waals surface area contributed by atoms with Gasteiger partial charge in [-0.2, -0.15) is 0 Å². The van der Waals surface area contributed by atoms with E-state index in [1.165, 1.54) is 13.2 Å². The van der Waals surface area contributed by atoms with Crippen LogP contribution in [0.1, 0.15) is 18.9 Å². The summed E-state index contributed by atoms with van der Waals surface area (Å²) in [5, 5.41) is 0. The van der Waals surface area contributed by atoms with E-state index in [2.05, 4.69) is 0 Å². The fourth-order valence-corrected chi connectivity index (χ4v) is 1.73. The summed E-state index contributed by atoms with van der Waals surface area (Å²) in [4.78, 5) is 11.4. The molecular formula is C17H22O4. The molecule has 21 heavy (non-hydrogen) atoms. The number of carbonyl (C=O) groups is 1. The molecule has 114 valence electrons. The van der Waals surface area contributed by atoms with Crippen LogP contribution in [0, 0.1) is 0 Å². The lowest BCUT2D eigenvalue weighted by Gasteiger charge is -2.13. The number of hydrogen-bond acceptors (Lipinski definition) is 4. The quantitative estimate of drug-likeness (QED) is 0.419. The highest BCUT2D eigenvalue weighted by atomic mass is 16.5. The van der Waals surface area contributed by atoms with E-state index < -0.39 is 5.97 Å². The summed E-state index contributed by atoms with van der Waals surface area (Å²) in [6, 6.07) is 9.94. The van der Waals surface area contributed by atoms with Gasteiger partial charge < -0.3 is 14.2 Å². The van der Waals surface area contributed by atoms with Crippen molar-refractivity contribution < 1.29 is 19.0 Å². The molecule has 0 bridgehead atoms. The Kier molecular flexibility index (Phi) is 7.90. The maximum Gasteiger partial charge on any atom is 0.334 e. The number of methoxy groups -OCH3 is 2. The molecule has 0 fully saturated rings. The second kappa shape index (κ2) is 9.77. The molecular weight excluding hydrogens is 268 g/mol. The van der Waals surface area contributed by atoms with Gasteiger partial charge in [-0.1, -0.05) is 42.5 Å². The van der Waals surface area contributed by atoms with E-state index in [1.807, 2.05) is 42.5 Å². The van der Waals surface area contributed by atoms with Crippen molar-refractivity contribution in [2.75, 3.05) is 20.8 Å². The van der Waals surface area contributed by atoms with Crippen LogP contribution >= 0.6 is 0 Å². The first-order chi connectivity index (χ1) is 10.2. The molecule has 1 aromatic carbocycles. The lowest BCUT2D eigenvalue weighted by molar-refractivity contribution is -0.137. The van der Waals surface area contributed by atoms with Gasteiger partial charge in [-0.25, -0.2) is 4.79 Å². The Morgan fingerprint density at radius 3 is 2.52 bits per heavy atom. The van der Waals surface area contributed by atoms with Crippen LogP contribution in [0.3, 0.4) is 0 Å². The molecule has 0 saturated carbocycles. The number of ether oxygens (including phenoxy) is 3. The molecule has 0 aliphatic heterocycles. The maximum atomic E-state index is 11.4. The van der Waals surface area contributed by atoms with Gasteiger partial charge >= 0.3 is 5.97 Å². The highest BCUT2D eigenvalue weighted by Gasteiger charge is 2.10. The summed E-state index contributed by atoms with van der Waals surface area (Å²) in [5.41, 5.74) is 1.09. The number of benzene rings is 1. The molecule has 0 N–H and O–H groups in total. The zero-order valence-corrected chi connectivity index (χ0v) is 12.7. The van der Waals surface area contributed by atoms with Crippen molar-refractivity contribution in [1.29, 1.82) is 0 Å². The monoisotopic (exact) mass is 290 g/mol. The average molecular weight is 290 g/mol. The van der Waals surface area contributed by atoms with Crippen LogP contribution in [0.4, 0.5) is 0 Å². The summed E-state index contributed by atoms with van der Waals surface area (Å²) in [7, 11) is 3.15. The minimum absolute atomic E-state index is 0.175. The van der Waals surface area contributed by atoms with E-state index in [0.717, 1.165) is 5.56 Å². The number of esters is 1. The van der Waals surface area contributed by atoms with Crippen LogP contribution in [0.5, 0.6) is 0 Å². The lowest BCUT2D eigenvalue weighted by Crippen LogP contribution is -2.11. The summed E-state index contributed by atoms with van der Waals surface area (Å²) in [5.74, 6) is 0.120. The highest BCUT2D eigenvalue weighted by Crippen LogP contribution is 2.12. The Morgan fingerprint density at radius 2 is 1.95 bits per heavy atom. The van der Waals surface area contributed by atoms with E-state index in [-0.39, 0.29) is 6.10 Å². The van der Waals surface area contributed by atoms with Crippen LogP contribution in [-0.4, -0.2) is 32.9 Å². The Labute approximate surface area is 126 Å². The first-order valence-corrected chi connectivity index (χ1v) is 6.87. The largest absolute Gasteiger partial charge is 0.501 e. The van der Waals surface area contributed by atoms with E-state index in [4.69, 9.17) is 14.2 Å². The smallest absolute Gasteiger partial charge is 0.334 e. The molecule has 1 rings (SSSR count). The minimum atomic E-state index is -0.406. The Hall–Kier alpha value is -2.07. The van der Waals surface area contributed by atoms with E-state index in [1.54, 1.807) is 14.0 Å². The number of rotatable bonds is 8. The topological polar surface area (TPSA) is 44.8 Å². The third kappa shape index (κ3) is 6.77. The van der Waals surface area contributed by atoms with Crippen molar-refractivity contribution in [1.82, 2.24) is 0 Å². The molecule has 4 heteroatoms. The average Bonchev–Trinajstić information content (AvgIpc) is 2.51. The van der Waals surface area contributed by atoms with Gasteiger partial charge in [0.25, 0.3) is 0 Å². The van der Waals surface area contributed by atoms with E-state index >= 15 is 0 Å². The molecule has 1 aromatic rings. The first-order valence-electron chi connectivity index (χ1n) is 6.87. The van der Waals surface area contributed by atoms with Gasteiger partial charge in [0.05, 0.1) is 25.9 Å². The van der Waals surface area contributed by atoms with Gasteiger partial charge in [0.15, 0.2) is 0 Å². The molecule has 0 spiro atoms. The Bertz CT molecular complexity index is 477. The van der Waals surface area contributed by atoms with E-state index in [9.17, 15) is 4.79 Å².